The lowest BCUT2D eigenvalue weighted by molar-refractivity contribution is 0.300. The van der Waals surface area contributed by atoms with Crippen LogP contribution in [0.3, 0.4) is 0 Å². The quantitative estimate of drug-likeness (QED) is 0.141. The Morgan fingerprint density at radius 2 is 1.01 bits per heavy atom. The van der Waals surface area contributed by atoms with Crippen LogP contribution in [0.15, 0.2) is 267 Å². The molecule has 3 nitrogen and oxygen atoms in total. The molecule has 2 aromatic heterocycles. The minimum atomic E-state index is 0.435. The Bertz CT molecular complexity index is 4010. The molecule has 3 atom stereocenters. The van der Waals surface area contributed by atoms with E-state index in [1.807, 2.05) is 0 Å². The van der Waals surface area contributed by atoms with Crippen molar-refractivity contribution in [2.45, 2.75) is 25.2 Å². The van der Waals surface area contributed by atoms with Crippen molar-refractivity contribution in [3.63, 3.8) is 0 Å². The number of benzene rings is 10. The molecule has 2 aliphatic carbocycles. The van der Waals surface area contributed by atoms with Crippen LogP contribution in [0, 0.1) is 11.8 Å². The van der Waals surface area contributed by atoms with Gasteiger partial charge in [0.15, 0.2) is 0 Å². The van der Waals surface area contributed by atoms with Crippen LogP contribution in [0.2, 0.25) is 0 Å². The zero-order valence-electron chi connectivity index (χ0n) is 40.6. The molecule has 348 valence electrons. The third-order valence-electron chi connectivity index (χ3n) is 15.9. The van der Waals surface area contributed by atoms with E-state index in [2.05, 4.69) is 281 Å². The van der Waals surface area contributed by atoms with Crippen molar-refractivity contribution in [3.05, 3.63) is 278 Å². The second kappa shape index (κ2) is 18.0. The highest BCUT2D eigenvalue weighted by Gasteiger charge is 2.37. The molecule has 0 aliphatic heterocycles. The Kier molecular flexibility index (Phi) is 10.6. The van der Waals surface area contributed by atoms with Gasteiger partial charge in [-0.2, -0.15) is 0 Å². The molecule has 0 bridgehead atoms. The van der Waals surface area contributed by atoms with Crippen molar-refractivity contribution in [1.29, 1.82) is 0 Å². The smallest absolute Gasteiger partial charge is 0.0562 e. The first-order chi connectivity index (χ1) is 36.2. The monoisotopic (exact) mass is 935 g/mol. The Morgan fingerprint density at radius 1 is 0.411 bits per heavy atom. The zero-order valence-corrected chi connectivity index (χ0v) is 40.6. The van der Waals surface area contributed by atoms with Gasteiger partial charge >= 0.3 is 0 Å². The molecule has 3 heteroatoms. The maximum absolute atomic E-state index is 2.50. The molecule has 0 saturated heterocycles. The topological polar surface area (TPSA) is 13.1 Å². The summed E-state index contributed by atoms with van der Waals surface area (Å²) in [5.41, 5.74) is 19.5. The molecule has 0 spiro atoms. The fraction of sp³-hybridized carbons (Fsp3) is 0.0857. The van der Waals surface area contributed by atoms with E-state index in [0.717, 1.165) is 22.7 Å². The molecular weight excluding hydrogens is 883 g/mol. The molecule has 0 amide bonds. The number of aromatic nitrogens is 2. The Morgan fingerprint density at radius 3 is 1.77 bits per heavy atom. The van der Waals surface area contributed by atoms with Gasteiger partial charge in [0.2, 0.25) is 0 Å². The van der Waals surface area contributed by atoms with Gasteiger partial charge < -0.3 is 14.0 Å². The number of para-hydroxylation sites is 5. The summed E-state index contributed by atoms with van der Waals surface area (Å²) in [6.07, 6.45) is 10.8. The highest BCUT2D eigenvalue weighted by Crippen LogP contribution is 2.51. The highest BCUT2D eigenvalue weighted by atomic mass is 15.1. The van der Waals surface area contributed by atoms with Crippen molar-refractivity contribution < 1.29 is 0 Å². The van der Waals surface area contributed by atoms with Crippen LogP contribution in [-0.4, -0.2) is 9.13 Å². The fourth-order valence-corrected chi connectivity index (χ4v) is 12.7. The molecule has 12 aromatic rings. The number of fused-ring (bicyclic) bond motifs is 7. The van der Waals surface area contributed by atoms with E-state index < -0.39 is 0 Å². The Labute approximate surface area is 426 Å². The van der Waals surface area contributed by atoms with E-state index in [1.54, 1.807) is 0 Å². The number of allylic oxidation sites excluding steroid dienone is 4. The first-order valence-corrected chi connectivity index (χ1v) is 26.0. The molecule has 14 rings (SSSR count). The SMILES string of the molecule is C1=CC2CCCC(c3ccc(N(c4cccc(-c5ccc(-c6ccccc6-n6c7ccccc7c7ccccc76)cc5)c4)c4cccc5c4c4ccccc4n5-c4ccccc4)cc3)C2C(c2ccccc2)=C1. The second-order valence-corrected chi connectivity index (χ2v) is 19.9. The van der Waals surface area contributed by atoms with E-state index in [1.165, 1.54) is 108 Å². The molecule has 1 saturated carbocycles. The minimum absolute atomic E-state index is 0.435. The lowest BCUT2D eigenvalue weighted by Crippen LogP contribution is -2.28. The largest absolute Gasteiger partial charge is 0.310 e. The van der Waals surface area contributed by atoms with Crippen LogP contribution < -0.4 is 4.90 Å². The predicted molar refractivity (Wildman–Crippen MR) is 308 cm³/mol. The van der Waals surface area contributed by atoms with Crippen molar-refractivity contribution in [2.24, 2.45) is 11.8 Å². The van der Waals surface area contributed by atoms with Crippen molar-refractivity contribution in [2.75, 3.05) is 4.90 Å². The summed E-state index contributed by atoms with van der Waals surface area (Å²) in [5.74, 6) is 1.43. The van der Waals surface area contributed by atoms with E-state index in [9.17, 15) is 0 Å². The van der Waals surface area contributed by atoms with Crippen molar-refractivity contribution in [3.8, 4) is 33.6 Å². The number of hydrogen-bond donors (Lipinski definition) is 0. The summed E-state index contributed by atoms with van der Waals surface area (Å²) < 4.78 is 4.84. The number of anilines is 3. The summed E-state index contributed by atoms with van der Waals surface area (Å²) in [6, 6.07) is 91.8. The number of nitrogens with zero attached hydrogens (tertiary/aromatic N) is 3. The number of rotatable bonds is 9. The average molecular weight is 936 g/mol. The van der Waals surface area contributed by atoms with E-state index >= 15 is 0 Å². The van der Waals surface area contributed by atoms with Gasteiger partial charge in [-0.1, -0.05) is 201 Å². The normalized spacial score (nSPS) is 16.5. The van der Waals surface area contributed by atoms with Crippen molar-refractivity contribution >= 4 is 66.2 Å². The molecule has 0 N–H and O–H groups in total. The Hall–Kier alpha value is -8.92. The molecule has 2 aliphatic rings. The lowest BCUT2D eigenvalue weighted by atomic mass is 9.63. The predicted octanol–water partition coefficient (Wildman–Crippen LogP) is 18.8. The molecule has 10 aromatic carbocycles. The third-order valence-corrected chi connectivity index (χ3v) is 15.9. The van der Waals surface area contributed by atoms with Crippen LogP contribution in [0.1, 0.15) is 36.3 Å². The van der Waals surface area contributed by atoms with Crippen molar-refractivity contribution in [1.82, 2.24) is 9.13 Å². The second-order valence-electron chi connectivity index (χ2n) is 19.9. The van der Waals surface area contributed by atoms with Gasteiger partial charge in [-0.05, 0) is 137 Å². The molecular formula is C70H53N3. The Balaban J connectivity index is 0.881. The standard InChI is InChI=1S/C70H53N3/c1-3-19-49(20-4-1)58-31-16-21-52-22-17-32-59(69(52)58)51-43-45-55(46-44-51)71(67-37-18-38-68-70(67)62-30-10-14-36-66(62)72(68)54-24-5-2-6-25-54)56-26-15-23-53(47-56)48-39-41-50(42-40-48)57-27-7-11-33-63(57)73-64-34-12-8-28-60(64)61-29-9-13-35-65(61)73/h1-16,18-21,23-31,33-47,52,59,69H,17,22,32H2. The first-order valence-electron chi connectivity index (χ1n) is 26.0. The minimum Gasteiger partial charge on any atom is -0.310 e. The van der Waals surface area contributed by atoms with Gasteiger partial charge in [-0.25, -0.2) is 0 Å². The summed E-state index contributed by atoms with van der Waals surface area (Å²) in [4.78, 5) is 2.50. The third kappa shape index (κ3) is 7.34. The van der Waals surface area contributed by atoms with Crippen LogP contribution in [0.5, 0.6) is 0 Å². The molecule has 2 heterocycles. The summed E-state index contributed by atoms with van der Waals surface area (Å²) in [5, 5.41) is 4.98. The fourth-order valence-electron chi connectivity index (χ4n) is 12.7. The van der Waals surface area contributed by atoms with E-state index in [-0.39, 0.29) is 0 Å². The average Bonchev–Trinajstić information content (AvgIpc) is 3.99. The lowest BCUT2D eigenvalue weighted by Gasteiger charge is -2.41. The van der Waals surface area contributed by atoms with Gasteiger partial charge in [0.1, 0.15) is 0 Å². The summed E-state index contributed by atoms with van der Waals surface area (Å²) >= 11 is 0. The zero-order chi connectivity index (χ0) is 48.2. The maximum Gasteiger partial charge on any atom is 0.0562 e. The van der Waals surface area contributed by atoms with Gasteiger partial charge in [0, 0.05) is 44.2 Å². The highest BCUT2D eigenvalue weighted by molar-refractivity contribution is 6.16. The van der Waals surface area contributed by atoms with Crippen LogP contribution in [0.4, 0.5) is 17.1 Å². The summed E-state index contributed by atoms with van der Waals surface area (Å²) in [7, 11) is 0. The first kappa shape index (κ1) is 42.9. The van der Waals surface area contributed by atoms with Crippen LogP contribution >= 0.6 is 0 Å². The van der Waals surface area contributed by atoms with Crippen LogP contribution in [-0.2, 0) is 0 Å². The van der Waals surface area contributed by atoms with Crippen LogP contribution in [0.25, 0.3) is 82.8 Å². The molecule has 0 radical (unpaired) electrons. The van der Waals surface area contributed by atoms with Gasteiger partial charge in [0.05, 0.1) is 33.4 Å². The molecule has 1 fully saturated rings. The van der Waals surface area contributed by atoms with E-state index in [0.29, 0.717) is 17.8 Å². The maximum atomic E-state index is 2.50. The van der Waals surface area contributed by atoms with Gasteiger partial charge in [-0.3, -0.25) is 0 Å². The van der Waals surface area contributed by atoms with E-state index in [4.69, 9.17) is 0 Å². The van der Waals surface area contributed by atoms with Gasteiger partial charge in [-0.15, -0.1) is 0 Å². The number of hydrogen-bond acceptors (Lipinski definition) is 1. The van der Waals surface area contributed by atoms with Gasteiger partial charge in [0.25, 0.3) is 0 Å². The summed E-state index contributed by atoms with van der Waals surface area (Å²) in [6.45, 7) is 0. The molecule has 3 unspecified atom stereocenters. The molecule has 73 heavy (non-hydrogen) atoms.